The predicted octanol–water partition coefficient (Wildman–Crippen LogP) is 3.56. The summed E-state index contributed by atoms with van der Waals surface area (Å²) in [5.41, 5.74) is 4.38. The number of amides is 3. The first-order valence-corrected chi connectivity index (χ1v) is 11.0. The van der Waals surface area contributed by atoms with Gasteiger partial charge in [0.05, 0.1) is 0 Å². The number of Topliss-reactive ketones (excluding diaryl/α,β-unsaturated/α-hetero) is 1. The molecular weight excluding hydrogens is 404 g/mol. The fourth-order valence-corrected chi connectivity index (χ4v) is 4.34. The lowest BCUT2D eigenvalue weighted by atomic mass is 9.86. The molecular formula is C26H28N2O4. The van der Waals surface area contributed by atoms with Gasteiger partial charge in [0, 0.05) is 30.5 Å². The summed E-state index contributed by atoms with van der Waals surface area (Å²) in [7, 11) is 0. The molecule has 4 rings (SSSR count). The number of nitrogens with one attached hydrogen (secondary N) is 1. The van der Waals surface area contributed by atoms with Crippen LogP contribution >= 0.6 is 0 Å². The Morgan fingerprint density at radius 1 is 1.06 bits per heavy atom. The van der Waals surface area contributed by atoms with E-state index in [0.29, 0.717) is 36.9 Å². The number of ketones is 1. The average molecular weight is 433 g/mol. The molecule has 2 aliphatic rings. The van der Waals surface area contributed by atoms with Crippen LogP contribution in [0.5, 0.6) is 0 Å². The standard InChI is InChI=1S/C26H28N2O4/c1-26(2,3)19-8-6-17(7-9-19)22(29)12-5-16-4-10-20-18(14-16)15-28(25(20)32)21-11-13-23(30)27-24(21)31/h4,6-10,14,21H,5,11-13,15H2,1-3H3,(H,27,30,31). The van der Waals surface area contributed by atoms with Gasteiger partial charge in [0.15, 0.2) is 5.78 Å². The molecule has 32 heavy (non-hydrogen) atoms. The van der Waals surface area contributed by atoms with Crippen molar-refractivity contribution in [1.82, 2.24) is 10.2 Å². The lowest BCUT2D eigenvalue weighted by molar-refractivity contribution is -0.136. The van der Waals surface area contributed by atoms with E-state index in [1.54, 1.807) is 6.07 Å². The summed E-state index contributed by atoms with van der Waals surface area (Å²) >= 11 is 0. The van der Waals surface area contributed by atoms with Gasteiger partial charge in [-0.05, 0) is 41.0 Å². The number of carbonyl (C=O) groups excluding carboxylic acids is 4. The van der Waals surface area contributed by atoms with E-state index in [1.807, 2.05) is 36.4 Å². The Morgan fingerprint density at radius 3 is 2.44 bits per heavy atom. The molecule has 0 bridgehead atoms. The van der Waals surface area contributed by atoms with Crippen molar-refractivity contribution in [2.24, 2.45) is 0 Å². The molecule has 166 valence electrons. The first kappa shape index (κ1) is 21.9. The molecule has 1 unspecified atom stereocenters. The van der Waals surface area contributed by atoms with Gasteiger partial charge in [-0.25, -0.2) is 0 Å². The quantitative estimate of drug-likeness (QED) is 0.578. The van der Waals surface area contributed by atoms with Crippen molar-refractivity contribution in [2.75, 3.05) is 0 Å². The van der Waals surface area contributed by atoms with Gasteiger partial charge in [0.2, 0.25) is 11.8 Å². The van der Waals surface area contributed by atoms with Crippen molar-refractivity contribution in [2.45, 2.75) is 64.5 Å². The third kappa shape index (κ3) is 4.35. The number of hydrogen-bond acceptors (Lipinski definition) is 4. The minimum atomic E-state index is -0.617. The summed E-state index contributed by atoms with van der Waals surface area (Å²) in [6.07, 6.45) is 1.55. The number of rotatable bonds is 5. The number of aryl methyl sites for hydroxylation is 1. The zero-order chi connectivity index (χ0) is 23.0. The SMILES string of the molecule is CC(C)(C)c1ccc(C(=O)CCc2ccc3c(c2)CN(C2CCC(=O)NC2=O)C3=O)cc1. The Hall–Kier alpha value is -3.28. The summed E-state index contributed by atoms with van der Waals surface area (Å²) in [5.74, 6) is -0.801. The van der Waals surface area contributed by atoms with Gasteiger partial charge in [-0.3, -0.25) is 24.5 Å². The molecule has 2 aromatic rings. The molecule has 0 radical (unpaired) electrons. The Bertz CT molecular complexity index is 1100. The average Bonchev–Trinajstić information content (AvgIpc) is 3.07. The number of hydrogen-bond donors (Lipinski definition) is 1. The maximum absolute atomic E-state index is 12.8. The first-order chi connectivity index (χ1) is 15.1. The maximum Gasteiger partial charge on any atom is 0.255 e. The van der Waals surface area contributed by atoms with Gasteiger partial charge in [0.1, 0.15) is 6.04 Å². The maximum atomic E-state index is 12.8. The smallest absolute Gasteiger partial charge is 0.255 e. The molecule has 6 heteroatoms. The molecule has 2 heterocycles. The highest BCUT2D eigenvalue weighted by Gasteiger charge is 2.39. The van der Waals surface area contributed by atoms with Gasteiger partial charge < -0.3 is 4.90 Å². The van der Waals surface area contributed by atoms with Crippen LogP contribution in [0.4, 0.5) is 0 Å². The number of piperidine rings is 1. The fourth-order valence-electron chi connectivity index (χ4n) is 4.34. The highest BCUT2D eigenvalue weighted by molar-refractivity contribution is 6.05. The van der Waals surface area contributed by atoms with E-state index in [1.165, 1.54) is 10.5 Å². The second-order valence-electron chi connectivity index (χ2n) is 9.64. The topological polar surface area (TPSA) is 83.6 Å². The molecule has 0 aliphatic carbocycles. The second kappa shape index (κ2) is 8.34. The van der Waals surface area contributed by atoms with E-state index in [4.69, 9.17) is 0 Å². The Balaban J connectivity index is 1.40. The van der Waals surface area contributed by atoms with Crippen LogP contribution in [-0.4, -0.2) is 34.4 Å². The Kier molecular flexibility index (Phi) is 5.71. The minimum absolute atomic E-state index is 0.0468. The third-order valence-electron chi connectivity index (χ3n) is 6.30. The normalized spacial score (nSPS) is 18.5. The van der Waals surface area contributed by atoms with Gasteiger partial charge >= 0.3 is 0 Å². The van der Waals surface area contributed by atoms with Crippen LogP contribution < -0.4 is 5.32 Å². The fraction of sp³-hybridized carbons (Fsp3) is 0.385. The lowest BCUT2D eigenvalue weighted by Gasteiger charge is -2.29. The molecule has 3 amide bonds. The van der Waals surface area contributed by atoms with E-state index >= 15 is 0 Å². The third-order valence-corrected chi connectivity index (χ3v) is 6.30. The summed E-state index contributed by atoms with van der Waals surface area (Å²) in [6, 6.07) is 12.8. The molecule has 1 atom stereocenters. The van der Waals surface area contributed by atoms with E-state index in [0.717, 1.165) is 11.1 Å². The van der Waals surface area contributed by atoms with Crippen LogP contribution in [-0.2, 0) is 28.0 Å². The second-order valence-corrected chi connectivity index (χ2v) is 9.64. The van der Waals surface area contributed by atoms with Crippen LogP contribution in [0, 0.1) is 0 Å². The number of imide groups is 1. The molecule has 0 saturated carbocycles. The molecule has 2 aliphatic heterocycles. The van der Waals surface area contributed by atoms with Crippen molar-refractivity contribution in [3.8, 4) is 0 Å². The Labute approximate surface area is 188 Å². The predicted molar refractivity (Wildman–Crippen MR) is 120 cm³/mol. The summed E-state index contributed by atoms with van der Waals surface area (Å²) < 4.78 is 0. The molecule has 0 spiro atoms. The molecule has 2 aromatic carbocycles. The largest absolute Gasteiger partial charge is 0.322 e. The lowest BCUT2D eigenvalue weighted by Crippen LogP contribution is -2.52. The molecule has 1 N–H and O–H groups in total. The van der Waals surface area contributed by atoms with E-state index in [2.05, 4.69) is 26.1 Å². The van der Waals surface area contributed by atoms with Gasteiger partial charge in [-0.1, -0.05) is 57.2 Å². The van der Waals surface area contributed by atoms with Gasteiger partial charge in [0.25, 0.3) is 5.91 Å². The first-order valence-electron chi connectivity index (χ1n) is 11.0. The van der Waals surface area contributed by atoms with E-state index < -0.39 is 11.9 Å². The minimum Gasteiger partial charge on any atom is -0.322 e. The van der Waals surface area contributed by atoms with Gasteiger partial charge in [-0.15, -0.1) is 0 Å². The van der Waals surface area contributed by atoms with Crippen molar-refractivity contribution >= 4 is 23.5 Å². The van der Waals surface area contributed by atoms with Crippen LogP contribution in [0.1, 0.15) is 77.4 Å². The molecule has 0 aromatic heterocycles. The van der Waals surface area contributed by atoms with E-state index in [9.17, 15) is 19.2 Å². The van der Waals surface area contributed by atoms with Crippen molar-refractivity contribution in [3.05, 3.63) is 70.3 Å². The highest BCUT2D eigenvalue weighted by Crippen LogP contribution is 2.29. The van der Waals surface area contributed by atoms with Crippen LogP contribution in [0.15, 0.2) is 42.5 Å². The molecule has 1 fully saturated rings. The number of nitrogens with zero attached hydrogens (tertiary/aromatic N) is 1. The highest BCUT2D eigenvalue weighted by atomic mass is 16.2. The van der Waals surface area contributed by atoms with Crippen LogP contribution in [0.25, 0.3) is 0 Å². The van der Waals surface area contributed by atoms with Crippen LogP contribution in [0.2, 0.25) is 0 Å². The summed E-state index contributed by atoms with van der Waals surface area (Å²) in [6.45, 7) is 6.77. The van der Waals surface area contributed by atoms with Crippen LogP contribution in [0.3, 0.4) is 0 Å². The Morgan fingerprint density at radius 2 is 1.78 bits per heavy atom. The zero-order valence-electron chi connectivity index (χ0n) is 18.7. The van der Waals surface area contributed by atoms with E-state index in [-0.39, 0.29) is 29.4 Å². The molecule has 1 saturated heterocycles. The zero-order valence-corrected chi connectivity index (χ0v) is 18.7. The summed E-state index contributed by atoms with van der Waals surface area (Å²) in [5, 5.41) is 2.32. The van der Waals surface area contributed by atoms with Crippen molar-refractivity contribution < 1.29 is 19.2 Å². The summed E-state index contributed by atoms with van der Waals surface area (Å²) in [4.78, 5) is 50.6. The van der Waals surface area contributed by atoms with Crippen molar-refractivity contribution in [1.29, 1.82) is 0 Å². The van der Waals surface area contributed by atoms with Crippen molar-refractivity contribution in [3.63, 3.8) is 0 Å². The number of benzene rings is 2. The monoisotopic (exact) mass is 432 g/mol. The molecule has 6 nitrogen and oxygen atoms in total. The van der Waals surface area contributed by atoms with Gasteiger partial charge in [-0.2, -0.15) is 0 Å². The number of carbonyl (C=O) groups is 4. The number of fused-ring (bicyclic) bond motifs is 1.